The van der Waals surface area contributed by atoms with Crippen molar-refractivity contribution in [3.8, 4) is 11.1 Å². The van der Waals surface area contributed by atoms with Gasteiger partial charge < -0.3 is 0 Å². The van der Waals surface area contributed by atoms with E-state index >= 15 is 0 Å². The molecule has 0 aliphatic rings. The van der Waals surface area contributed by atoms with E-state index in [9.17, 15) is 8.78 Å². The van der Waals surface area contributed by atoms with Crippen LogP contribution in [-0.4, -0.2) is 0 Å². The summed E-state index contributed by atoms with van der Waals surface area (Å²) in [5.74, 6) is -0.433. The summed E-state index contributed by atoms with van der Waals surface area (Å²) in [7, 11) is 0. The fraction of sp³-hybridized carbons (Fsp3) is 0.200. The molecule has 2 aromatic rings. The first kappa shape index (κ1) is 11.8. The van der Waals surface area contributed by atoms with Crippen molar-refractivity contribution in [2.45, 2.75) is 19.8 Å². The molecule has 0 amide bonds. The first-order valence-electron chi connectivity index (χ1n) is 5.64. The molecule has 0 aromatic heterocycles. The second-order valence-corrected chi connectivity index (χ2v) is 4.37. The highest BCUT2D eigenvalue weighted by Crippen LogP contribution is 2.31. The number of rotatable bonds is 2. The molecule has 0 aliphatic heterocycles. The van der Waals surface area contributed by atoms with Crippen LogP contribution in [0.25, 0.3) is 11.1 Å². The third-order valence-corrected chi connectivity index (χ3v) is 2.80. The molecule has 0 spiro atoms. The molecule has 0 nitrogen and oxygen atoms in total. The van der Waals surface area contributed by atoms with Gasteiger partial charge in [-0.2, -0.15) is 0 Å². The summed E-state index contributed by atoms with van der Waals surface area (Å²) in [5.41, 5.74) is 2.05. The van der Waals surface area contributed by atoms with Crippen LogP contribution >= 0.6 is 0 Å². The maximum absolute atomic E-state index is 13.7. The molecular formula is C15H14F2. The van der Waals surface area contributed by atoms with Crippen LogP contribution in [0.4, 0.5) is 8.78 Å². The third-order valence-electron chi connectivity index (χ3n) is 2.80. The summed E-state index contributed by atoms with van der Waals surface area (Å²) < 4.78 is 27.0. The number of hydrogen-bond donors (Lipinski definition) is 0. The van der Waals surface area contributed by atoms with Gasteiger partial charge in [0.15, 0.2) is 0 Å². The molecule has 2 aromatic carbocycles. The van der Waals surface area contributed by atoms with E-state index < -0.39 is 0 Å². The molecule has 0 bridgehead atoms. The summed E-state index contributed by atoms with van der Waals surface area (Å²) in [6.45, 7) is 4.02. The number of halogens is 2. The Labute approximate surface area is 99.9 Å². The molecule has 0 N–H and O–H groups in total. The van der Waals surface area contributed by atoms with Gasteiger partial charge in [-0.25, -0.2) is 8.78 Å². The zero-order valence-electron chi connectivity index (χ0n) is 9.87. The maximum atomic E-state index is 13.7. The molecule has 0 saturated carbocycles. The van der Waals surface area contributed by atoms with Crippen molar-refractivity contribution in [1.82, 2.24) is 0 Å². The van der Waals surface area contributed by atoms with Crippen molar-refractivity contribution in [3.63, 3.8) is 0 Å². The van der Waals surface area contributed by atoms with Gasteiger partial charge in [-0.15, -0.1) is 0 Å². The van der Waals surface area contributed by atoms with E-state index in [1.807, 2.05) is 13.8 Å². The van der Waals surface area contributed by atoms with E-state index in [2.05, 4.69) is 0 Å². The normalized spacial score (nSPS) is 10.9. The molecule has 0 unspecified atom stereocenters. The van der Waals surface area contributed by atoms with E-state index in [4.69, 9.17) is 0 Å². The van der Waals surface area contributed by atoms with Gasteiger partial charge in [0, 0.05) is 5.56 Å². The van der Waals surface area contributed by atoms with Crippen molar-refractivity contribution >= 4 is 0 Å². The van der Waals surface area contributed by atoms with Crippen LogP contribution in [0.5, 0.6) is 0 Å². The SMILES string of the molecule is CC(C)c1ccc(F)cc1-c1ccccc1F. The van der Waals surface area contributed by atoms with Gasteiger partial charge in [0.2, 0.25) is 0 Å². The summed E-state index contributed by atoms with van der Waals surface area (Å²) >= 11 is 0. The monoisotopic (exact) mass is 232 g/mol. The number of hydrogen-bond acceptors (Lipinski definition) is 0. The van der Waals surface area contributed by atoms with Gasteiger partial charge in [0.25, 0.3) is 0 Å². The lowest BCUT2D eigenvalue weighted by Crippen LogP contribution is -1.95. The van der Waals surface area contributed by atoms with Crippen molar-refractivity contribution in [3.05, 3.63) is 59.7 Å². The zero-order chi connectivity index (χ0) is 12.4. The lowest BCUT2D eigenvalue weighted by Gasteiger charge is -2.13. The Morgan fingerprint density at radius 1 is 0.882 bits per heavy atom. The van der Waals surface area contributed by atoms with E-state index in [-0.39, 0.29) is 17.6 Å². The van der Waals surface area contributed by atoms with Crippen LogP contribution in [0.15, 0.2) is 42.5 Å². The van der Waals surface area contributed by atoms with Gasteiger partial charge >= 0.3 is 0 Å². The topological polar surface area (TPSA) is 0 Å². The molecular weight excluding hydrogens is 218 g/mol. The highest BCUT2D eigenvalue weighted by atomic mass is 19.1. The Bertz CT molecular complexity index is 530. The average molecular weight is 232 g/mol. The first-order chi connectivity index (χ1) is 8.09. The Morgan fingerprint density at radius 2 is 1.59 bits per heavy atom. The smallest absolute Gasteiger partial charge is 0.131 e. The van der Waals surface area contributed by atoms with Crippen LogP contribution in [-0.2, 0) is 0 Å². The van der Waals surface area contributed by atoms with Crippen molar-refractivity contribution < 1.29 is 8.78 Å². The lowest BCUT2D eigenvalue weighted by atomic mass is 9.92. The van der Waals surface area contributed by atoms with Crippen molar-refractivity contribution in [2.24, 2.45) is 0 Å². The molecule has 88 valence electrons. The molecule has 2 heteroatoms. The van der Waals surface area contributed by atoms with Crippen LogP contribution < -0.4 is 0 Å². The zero-order valence-corrected chi connectivity index (χ0v) is 9.87. The average Bonchev–Trinajstić information content (AvgIpc) is 2.29. The largest absolute Gasteiger partial charge is 0.207 e. The molecule has 2 rings (SSSR count). The van der Waals surface area contributed by atoms with Crippen LogP contribution in [0.2, 0.25) is 0 Å². The minimum absolute atomic E-state index is 0.227. The fourth-order valence-electron chi connectivity index (χ4n) is 1.94. The lowest BCUT2D eigenvalue weighted by molar-refractivity contribution is 0.623. The van der Waals surface area contributed by atoms with Gasteiger partial charge in [-0.05, 0) is 35.2 Å². The Hall–Kier alpha value is -1.70. The quantitative estimate of drug-likeness (QED) is 0.700. The molecule has 17 heavy (non-hydrogen) atoms. The van der Waals surface area contributed by atoms with Gasteiger partial charge in [0.1, 0.15) is 11.6 Å². The standard InChI is InChI=1S/C15H14F2/c1-10(2)12-8-7-11(16)9-14(12)13-5-3-4-6-15(13)17/h3-10H,1-2H3. The fourth-order valence-corrected chi connectivity index (χ4v) is 1.94. The Balaban J connectivity index is 2.65. The van der Waals surface area contributed by atoms with Crippen LogP contribution in [0.3, 0.4) is 0 Å². The summed E-state index contributed by atoms with van der Waals surface area (Å²) in [6.07, 6.45) is 0. The molecule has 0 saturated heterocycles. The van der Waals surface area contributed by atoms with Crippen LogP contribution in [0.1, 0.15) is 25.3 Å². The second kappa shape index (κ2) is 4.66. The van der Waals surface area contributed by atoms with E-state index in [1.54, 1.807) is 24.3 Å². The highest BCUT2D eigenvalue weighted by Gasteiger charge is 2.12. The highest BCUT2D eigenvalue weighted by molar-refractivity contribution is 5.68. The second-order valence-electron chi connectivity index (χ2n) is 4.37. The van der Waals surface area contributed by atoms with Crippen molar-refractivity contribution in [1.29, 1.82) is 0 Å². The first-order valence-corrected chi connectivity index (χ1v) is 5.64. The third kappa shape index (κ3) is 2.36. The number of benzene rings is 2. The molecule has 0 radical (unpaired) electrons. The Morgan fingerprint density at radius 3 is 2.24 bits per heavy atom. The van der Waals surface area contributed by atoms with Crippen LogP contribution in [0, 0.1) is 11.6 Å². The van der Waals surface area contributed by atoms with E-state index in [0.29, 0.717) is 11.1 Å². The van der Waals surface area contributed by atoms with Crippen molar-refractivity contribution in [2.75, 3.05) is 0 Å². The molecule has 0 atom stereocenters. The maximum Gasteiger partial charge on any atom is 0.131 e. The molecule has 0 heterocycles. The summed E-state index contributed by atoms with van der Waals surface area (Å²) in [4.78, 5) is 0. The summed E-state index contributed by atoms with van der Waals surface area (Å²) in [6, 6.07) is 11.0. The molecule has 0 aliphatic carbocycles. The summed E-state index contributed by atoms with van der Waals surface area (Å²) in [5, 5.41) is 0. The minimum atomic E-state index is -0.340. The predicted molar refractivity (Wildman–Crippen MR) is 65.9 cm³/mol. The Kier molecular flexibility index (Phi) is 3.23. The van der Waals surface area contributed by atoms with Gasteiger partial charge in [-0.3, -0.25) is 0 Å². The molecule has 0 fully saturated rings. The predicted octanol–water partition coefficient (Wildman–Crippen LogP) is 4.76. The minimum Gasteiger partial charge on any atom is -0.207 e. The van der Waals surface area contributed by atoms with E-state index in [0.717, 1.165) is 5.56 Å². The van der Waals surface area contributed by atoms with E-state index in [1.165, 1.54) is 18.2 Å². The van der Waals surface area contributed by atoms with Gasteiger partial charge in [0.05, 0.1) is 0 Å². The van der Waals surface area contributed by atoms with Gasteiger partial charge in [-0.1, -0.05) is 38.1 Å².